The smallest absolute Gasteiger partial charge is 0.146 e. The summed E-state index contributed by atoms with van der Waals surface area (Å²) in [5, 5.41) is 3.02. The lowest BCUT2D eigenvalue weighted by molar-refractivity contribution is 0.462. The summed E-state index contributed by atoms with van der Waals surface area (Å²) in [6.07, 6.45) is 0.973. The predicted octanol–water partition coefficient (Wildman–Crippen LogP) is 3.17. The fourth-order valence-electron chi connectivity index (χ4n) is 1.70. The van der Waals surface area contributed by atoms with Crippen LogP contribution >= 0.6 is 0 Å². The molecule has 0 atom stereocenters. The van der Waals surface area contributed by atoms with E-state index >= 15 is 0 Å². The number of hydrogen-bond acceptors (Lipinski definition) is 2. The highest BCUT2D eigenvalue weighted by Crippen LogP contribution is 2.27. The van der Waals surface area contributed by atoms with Gasteiger partial charge in [-0.15, -0.1) is 0 Å². The van der Waals surface area contributed by atoms with Gasteiger partial charge >= 0.3 is 0 Å². The molecule has 0 heterocycles. The van der Waals surface area contributed by atoms with E-state index in [2.05, 4.69) is 26.1 Å². The van der Waals surface area contributed by atoms with E-state index < -0.39 is 0 Å². The second-order valence-corrected chi connectivity index (χ2v) is 5.04. The normalized spacial score (nSPS) is 11.6. The molecule has 0 aromatic heterocycles. The van der Waals surface area contributed by atoms with Gasteiger partial charge in [0.05, 0.1) is 5.69 Å². The molecule has 0 fully saturated rings. The lowest BCUT2D eigenvalue weighted by atomic mass is 9.99. The average Bonchev–Trinajstić information content (AvgIpc) is 2.29. The molecule has 0 spiro atoms. The summed E-state index contributed by atoms with van der Waals surface area (Å²) in [6.45, 7) is 7.05. The van der Waals surface area contributed by atoms with Crippen molar-refractivity contribution in [2.24, 2.45) is 0 Å². The van der Waals surface area contributed by atoms with Crippen LogP contribution in [0.1, 0.15) is 32.8 Å². The summed E-state index contributed by atoms with van der Waals surface area (Å²) in [5.41, 5.74) is 1.60. The monoisotopic (exact) mass is 238 g/mol. The summed E-state index contributed by atoms with van der Waals surface area (Å²) in [5.74, 6) is -0.151. The lowest BCUT2D eigenvalue weighted by Gasteiger charge is -2.37. The van der Waals surface area contributed by atoms with Crippen LogP contribution in [0, 0.1) is 5.82 Å². The number of rotatable bonds is 5. The molecular formula is C14H23FN2. The van der Waals surface area contributed by atoms with Crippen molar-refractivity contribution < 1.29 is 4.39 Å². The maximum absolute atomic E-state index is 14.0. The van der Waals surface area contributed by atoms with Gasteiger partial charge in [-0.1, -0.05) is 13.0 Å². The minimum atomic E-state index is -0.151. The highest BCUT2D eigenvalue weighted by atomic mass is 19.1. The highest BCUT2D eigenvalue weighted by Gasteiger charge is 2.23. The van der Waals surface area contributed by atoms with Crippen LogP contribution in [-0.4, -0.2) is 19.6 Å². The molecule has 0 aliphatic rings. The Hall–Kier alpha value is -1.09. The number of nitrogens with one attached hydrogen (secondary N) is 1. The Labute approximate surface area is 104 Å². The molecule has 0 aliphatic heterocycles. The molecule has 0 saturated heterocycles. The van der Waals surface area contributed by atoms with Crippen molar-refractivity contribution in [2.45, 2.75) is 39.3 Å². The summed E-state index contributed by atoms with van der Waals surface area (Å²) >= 11 is 0. The molecule has 2 nitrogen and oxygen atoms in total. The van der Waals surface area contributed by atoms with E-state index in [0.717, 1.165) is 12.0 Å². The van der Waals surface area contributed by atoms with Gasteiger partial charge in [-0.2, -0.15) is 0 Å². The van der Waals surface area contributed by atoms with Crippen LogP contribution in [0.3, 0.4) is 0 Å². The van der Waals surface area contributed by atoms with Gasteiger partial charge in [0.25, 0.3) is 0 Å². The fourth-order valence-corrected chi connectivity index (χ4v) is 1.70. The third-order valence-electron chi connectivity index (χ3n) is 3.53. The van der Waals surface area contributed by atoms with Crippen molar-refractivity contribution >= 4 is 5.69 Å². The van der Waals surface area contributed by atoms with Crippen LogP contribution in [0.2, 0.25) is 0 Å². The number of hydrogen-bond donors (Lipinski definition) is 1. The molecule has 96 valence electrons. The Morgan fingerprint density at radius 2 is 2.00 bits per heavy atom. The van der Waals surface area contributed by atoms with Gasteiger partial charge in [0.2, 0.25) is 0 Å². The van der Waals surface area contributed by atoms with E-state index in [9.17, 15) is 4.39 Å². The van der Waals surface area contributed by atoms with Crippen LogP contribution in [-0.2, 0) is 6.54 Å². The molecule has 1 rings (SSSR count). The fraction of sp³-hybridized carbons (Fsp3) is 0.571. The molecule has 3 heteroatoms. The van der Waals surface area contributed by atoms with Crippen molar-refractivity contribution in [1.82, 2.24) is 5.32 Å². The van der Waals surface area contributed by atoms with Gasteiger partial charge < -0.3 is 10.2 Å². The zero-order valence-corrected chi connectivity index (χ0v) is 11.5. The molecule has 0 aliphatic carbocycles. The van der Waals surface area contributed by atoms with Gasteiger partial charge in [-0.25, -0.2) is 4.39 Å². The molecule has 1 aromatic carbocycles. The minimum absolute atomic E-state index is 0.0363. The van der Waals surface area contributed by atoms with Crippen molar-refractivity contribution in [3.05, 3.63) is 29.6 Å². The molecule has 0 bridgehead atoms. The van der Waals surface area contributed by atoms with E-state index in [-0.39, 0.29) is 11.4 Å². The SMILES string of the molecule is CCC(C)(C)N(C)c1ccc(CNC)cc1F. The average molecular weight is 238 g/mol. The van der Waals surface area contributed by atoms with E-state index in [1.54, 1.807) is 6.07 Å². The van der Waals surface area contributed by atoms with Crippen molar-refractivity contribution in [3.63, 3.8) is 0 Å². The van der Waals surface area contributed by atoms with E-state index in [1.807, 2.05) is 31.1 Å². The Kier molecular flexibility index (Phi) is 4.52. The number of anilines is 1. The quantitative estimate of drug-likeness (QED) is 0.847. The van der Waals surface area contributed by atoms with Crippen LogP contribution in [0.4, 0.5) is 10.1 Å². The molecule has 17 heavy (non-hydrogen) atoms. The third kappa shape index (κ3) is 3.19. The van der Waals surface area contributed by atoms with Crippen LogP contribution in [0.25, 0.3) is 0 Å². The van der Waals surface area contributed by atoms with Gasteiger partial charge in [-0.3, -0.25) is 0 Å². The van der Waals surface area contributed by atoms with Crippen molar-refractivity contribution in [2.75, 3.05) is 19.0 Å². The first kappa shape index (κ1) is 14.0. The molecular weight excluding hydrogens is 215 g/mol. The summed E-state index contributed by atoms with van der Waals surface area (Å²) < 4.78 is 14.0. The van der Waals surface area contributed by atoms with E-state index in [0.29, 0.717) is 12.2 Å². The highest BCUT2D eigenvalue weighted by molar-refractivity contribution is 5.50. The Morgan fingerprint density at radius 1 is 1.35 bits per heavy atom. The van der Waals surface area contributed by atoms with Gasteiger partial charge in [-0.05, 0) is 45.0 Å². The number of nitrogens with zero attached hydrogens (tertiary/aromatic N) is 1. The van der Waals surface area contributed by atoms with E-state index in [1.165, 1.54) is 0 Å². The minimum Gasteiger partial charge on any atom is -0.367 e. The molecule has 0 saturated carbocycles. The van der Waals surface area contributed by atoms with Gasteiger partial charge in [0, 0.05) is 19.1 Å². The number of benzene rings is 1. The second kappa shape index (κ2) is 5.50. The topological polar surface area (TPSA) is 15.3 Å². The van der Waals surface area contributed by atoms with Crippen molar-refractivity contribution in [3.8, 4) is 0 Å². The zero-order valence-electron chi connectivity index (χ0n) is 11.5. The van der Waals surface area contributed by atoms with E-state index in [4.69, 9.17) is 0 Å². The standard InChI is InChI=1S/C14H23FN2/c1-6-14(2,3)17(5)13-8-7-11(10-16-4)9-12(13)15/h7-9,16H,6,10H2,1-5H3. The summed E-state index contributed by atoms with van der Waals surface area (Å²) in [6, 6.07) is 5.44. The Balaban J connectivity index is 2.99. The third-order valence-corrected chi connectivity index (χ3v) is 3.53. The zero-order chi connectivity index (χ0) is 13.1. The number of halogens is 1. The first-order chi connectivity index (χ1) is 7.92. The Bertz CT molecular complexity index is 374. The molecule has 1 N–H and O–H groups in total. The maximum Gasteiger partial charge on any atom is 0.146 e. The lowest BCUT2D eigenvalue weighted by Crippen LogP contribution is -2.41. The Morgan fingerprint density at radius 3 is 2.47 bits per heavy atom. The molecule has 0 unspecified atom stereocenters. The maximum atomic E-state index is 14.0. The van der Waals surface area contributed by atoms with Crippen LogP contribution in [0.15, 0.2) is 18.2 Å². The first-order valence-electron chi connectivity index (χ1n) is 6.09. The summed E-state index contributed by atoms with van der Waals surface area (Å²) in [4.78, 5) is 2.01. The first-order valence-corrected chi connectivity index (χ1v) is 6.09. The molecule has 0 radical (unpaired) electrons. The van der Waals surface area contributed by atoms with Gasteiger partial charge in [0.1, 0.15) is 5.82 Å². The van der Waals surface area contributed by atoms with Crippen LogP contribution < -0.4 is 10.2 Å². The molecule has 0 amide bonds. The largest absolute Gasteiger partial charge is 0.367 e. The van der Waals surface area contributed by atoms with Crippen molar-refractivity contribution in [1.29, 1.82) is 0 Å². The second-order valence-electron chi connectivity index (χ2n) is 5.04. The van der Waals surface area contributed by atoms with Crippen LogP contribution in [0.5, 0.6) is 0 Å². The molecule has 1 aromatic rings. The summed E-state index contributed by atoms with van der Waals surface area (Å²) in [7, 11) is 3.80. The van der Waals surface area contributed by atoms with Gasteiger partial charge in [0.15, 0.2) is 0 Å². The predicted molar refractivity (Wildman–Crippen MR) is 71.9 cm³/mol.